The van der Waals surface area contributed by atoms with Gasteiger partial charge in [0.25, 0.3) is 5.91 Å². The van der Waals surface area contributed by atoms with Crippen LogP contribution >= 0.6 is 11.6 Å². The van der Waals surface area contributed by atoms with E-state index < -0.39 is 17.3 Å². The summed E-state index contributed by atoms with van der Waals surface area (Å²) in [4.78, 5) is 27.3. The predicted octanol–water partition coefficient (Wildman–Crippen LogP) is 1.35. The van der Waals surface area contributed by atoms with E-state index in [9.17, 15) is 14.7 Å². The SMILES string of the molecule is O=C(NCC1(C(=O)O)CCOCC1)c1cc(Cl)ccn1. The molecule has 7 heteroatoms. The van der Waals surface area contributed by atoms with E-state index in [1.807, 2.05) is 0 Å². The monoisotopic (exact) mass is 298 g/mol. The summed E-state index contributed by atoms with van der Waals surface area (Å²) >= 11 is 5.78. The van der Waals surface area contributed by atoms with Crippen LogP contribution in [0.3, 0.4) is 0 Å². The molecule has 0 aromatic carbocycles. The van der Waals surface area contributed by atoms with Crippen LogP contribution in [-0.2, 0) is 9.53 Å². The third kappa shape index (κ3) is 3.26. The molecule has 2 N–H and O–H groups in total. The Morgan fingerprint density at radius 1 is 1.45 bits per heavy atom. The second-order valence-corrected chi connectivity index (χ2v) is 5.18. The van der Waals surface area contributed by atoms with Crippen LogP contribution in [0.2, 0.25) is 5.02 Å². The van der Waals surface area contributed by atoms with E-state index in [1.165, 1.54) is 12.3 Å². The van der Waals surface area contributed by atoms with Gasteiger partial charge in [-0.05, 0) is 25.0 Å². The van der Waals surface area contributed by atoms with Gasteiger partial charge in [-0.2, -0.15) is 0 Å². The van der Waals surface area contributed by atoms with Crippen LogP contribution in [0.4, 0.5) is 0 Å². The molecule has 1 saturated heterocycles. The minimum atomic E-state index is -0.966. The van der Waals surface area contributed by atoms with Gasteiger partial charge < -0.3 is 15.2 Å². The number of aliphatic carboxylic acids is 1. The lowest BCUT2D eigenvalue weighted by Gasteiger charge is -2.33. The summed E-state index contributed by atoms with van der Waals surface area (Å²) in [5.41, 5.74) is -0.794. The van der Waals surface area contributed by atoms with Crippen molar-refractivity contribution in [3.8, 4) is 0 Å². The van der Waals surface area contributed by atoms with Crippen LogP contribution in [0.15, 0.2) is 18.3 Å². The Morgan fingerprint density at radius 3 is 2.75 bits per heavy atom. The number of hydrogen-bond donors (Lipinski definition) is 2. The molecule has 108 valence electrons. The van der Waals surface area contributed by atoms with Crippen molar-refractivity contribution < 1.29 is 19.4 Å². The minimum absolute atomic E-state index is 0.0543. The number of carbonyl (C=O) groups is 2. The zero-order valence-electron chi connectivity index (χ0n) is 10.8. The smallest absolute Gasteiger partial charge is 0.311 e. The molecule has 1 aliphatic rings. The molecule has 20 heavy (non-hydrogen) atoms. The molecule has 1 amide bonds. The van der Waals surface area contributed by atoms with Crippen molar-refractivity contribution in [1.29, 1.82) is 0 Å². The maximum atomic E-state index is 11.9. The zero-order valence-corrected chi connectivity index (χ0v) is 11.5. The van der Waals surface area contributed by atoms with Gasteiger partial charge in [0.15, 0.2) is 0 Å². The van der Waals surface area contributed by atoms with Crippen molar-refractivity contribution in [2.75, 3.05) is 19.8 Å². The van der Waals surface area contributed by atoms with Gasteiger partial charge in [-0.3, -0.25) is 14.6 Å². The Bertz CT molecular complexity index is 515. The number of pyridine rings is 1. The van der Waals surface area contributed by atoms with Crippen molar-refractivity contribution in [3.05, 3.63) is 29.0 Å². The number of aromatic nitrogens is 1. The molecule has 2 heterocycles. The fourth-order valence-electron chi connectivity index (χ4n) is 2.10. The number of carboxylic acid groups (broad SMARTS) is 1. The molecule has 0 saturated carbocycles. The molecule has 0 atom stereocenters. The molecule has 0 spiro atoms. The lowest BCUT2D eigenvalue weighted by Crippen LogP contribution is -2.46. The highest BCUT2D eigenvalue weighted by molar-refractivity contribution is 6.30. The normalized spacial score (nSPS) is 17.4. The molecule has 2 rings (SSSR count). The van der Waals surface area contributed by atoms with Crippen LogP contribution < -0.4 is 5.32 Å². The van der Waals surface area contributed by atoms with E-state index in [-0.39, 0.29) is 12.2 Å². The topological polar surface area (TPSA) is 88.5 Å². The van der Waals surface area contributed by atoms with Crippen LogP contribution in [0.1, 0.15) is 23.3 Å². The van der Waals surface area contributed by atoms with E-state index >= 15 is 0 Å². The van der Waals surface area contributed by atoms with E-state index in [0.29, 0.717) is 31.1 Å². The molecule has 1 aliphatic heterocycles. The van der Waals surface area contributed by atoms with E-state index in [4.69, 9.17) is 16.3 Å². The van der Waals surface area contributed by atoms with Gasteiger partial charge in [-0.25, -0.2) is 0 Å². The van der Waals surface area contributed by atoms with Gasteiger partial charge in [0, 0.05) is 31.0 Å². The number of carbonyl (C=O) groups excluding carboxylic acids is 1. The fourth-order valence-corrected chi connectivity index (χ4v) is 2.26. The van der Waals surface area contributed by atoms with Gasteiger partial charge in [-0.15, -0.1) is 0 Å². The quantitative estimate of drug-likeness (QED) is 0.876. The molecule has 0 radical (unpaired) electrons. The number of nitrogens with zero attached hydrogens (tertiary/aromatic N) is 1. The van der Waals surface area contributed by atoms with Gasteiger partial charge >= 0.3 is 5.97 Å². The number of amides is 1. The van der Waals surface area contributed by atoms with Crippen LogP contribution in [0, 0.1) is 5.41 Å². The third-order valence-electron chi connectivity index (χ3n) is 3.45. The maximum absolute atomic E-state index is 11.9. The van der Waals surface area contributed by atoms with Gasteiger partial charge in [0.1, 0.15) is 5.69 Å². The molecule has 6 nitrogen and oxygen atoms in total. The standard InChI is InChI=1S/C13H15ClN2O4/c14-9-1-4-15-10(7-9)11(17)16-8-13(12(18)19)2-5-20-6-3-13/h1,4,7H,2-3,5-6,8H2,(H,16,17)(H,18,19). The average Bonchev–Trinajstić information content (AvgIpc) is 2.45. The highest BCUT2D eigenvalue weighted by atomic mass is 35.5. The largest absolute Gasteiger partial charge is 0.481 e. The summed E-state index contributed by atoms with van der Waals surface area (Å²) in [6.07, 6.45) is 2.19. The molecule has 0 bridgehead atoms. The van der Waals surface area contributed by atoms with Gasteiger partial charge in [-0.1, -0.05) is 11.6 Å². The summed E-state index contributed by atoms with van der Waals surface area (Å²) in [7, 11) is 0. The number of halogens is 1. The molecular weight excluding hydrogens is 284 g/mol. The highest BCUT2D eigenvalue weighted by Gasteiger charge is 2.40. The number of hydrogen-bond acceptors (Lipinski definition) is 4. The Balaban J connectivity index is 2.02. The Labute approximate surface area is 121 Å². The third-order valence-corrected chi connectivity index (χ3v) is 3.68. The first-order chi connectivity index (χ1) is 9.53. The van der Waals surface area contributed by atoms with Crippen molar-refractivity contribution in [1.82, 2.24) is 10.3 Å². The van der Waals surface area contributed by atoms with E-state index in [1.54, 1.807) is 6.07 Å². The van der Waals surface area contributed by atoms with Crippen molar-refractivity contribution in [2.45, 2.75) is 12.8 Å². The minimum Gasteiger partial charge on any atom is -0.481 e. The summed E-state index contributed by atoms with van der Waals surface area (Å²) in [5, 5.41) is 12.4. The van der Waals surface area contributed by atoms with E-state index in [0.717, 1.165) is 0 Å². The summed E-state index contributed by atoms with van der Waals surface area (Å²) in [6.45, 7) is 0.827. The lowest BCUT2D eigenvalue weighted by molar-refractivity contribution is -0.154. The predicted molar refractivity (Wildman–Crippen MR) is 71.7 cm³/mol. The number of ether oxygens (including phenoxy) is 1. The molecule has 0 aliphatic carbocycles. The summed E-state index contributed by atoms with van der Waals surface area (Å²) < 4.78 is 5.18. The van der Waals surface area contributed by atoms with E-state index in [2.05, 4.69) is 10.3 Å². The number of nitrogens with one attached hydrogen (secondary N) is 1. The van der Waals surface area contributed by atoms with Crippen molar-refractivity contribution in [3.63, 3.8) is 0 Å². The Hall–Kier alpha value is -1.66. The van der Waals surface area contributed by atoms with Crippen LogP contribution in [0.5, 0.6) is 0 Å². The number of carboxylic acids is 1. The Morgan fingerprint density at radius 2 is 2.15 bits per heavy atom. The Kier molecular flexibility index (Phi) is 4.57. The van der Waals surface area contributed by atoms with Crippen molar-refractivity contribution >= 4 is 23.5 Å². The van der Waals surface area contributed by atoms with Crippen LogP contribution in [-0.4, -0.2) is 41.7 Å². The molecule has 1 aromatic rings. The second kappa shape index (κ2) is 6.19. The molecule has 0 unspecified atom stereocenters. The molecule has 1 aromatic heterocycles. The van der Waals surface area contributed by atoms with Crippen molar-refractivity contribution in [2.24, 2.45) is 5.41 Å². The fraction of sp³-hybridized carbons (Fsp3) is 0.462. The molecule has 1 fully saturated rings. The first kappa shape index (κ1) is 14.7. The zero-order chi connectivity index (χ0) is 14.6. The molecular formula is C13H15ClN2O4. The second-order valence-electron chi connectivity index (χ2n) is 4.74. The summed E-state index contributed by atoms with van der Waals surface area (Å²) in [6, 6.07) is 3.00. The highest BCUT2D eigenvalue weighted by Crippen LogP contribution is 2.30. The maximum Gasteiger partial charge on any atom is 0.311 e. The first-order valence-electron chi connectivity index (χ1n) is 6.24. The van der Waals surface area contributed by atoms with Gasteiger partial charge in [0.05, 0.1) is 5.41 Å². The average molecular weight is 299 g/mol. The number of rotatable bonds is 4. The summed E-state index contributed by atoms with van der Waals surface area (Å²) in [5.74, 6) is -1.35. The van der Waals surface area contributed by atoms with Crippen LogP contribution in [0.25, 0.3) is 0 Å². The lowest BCUT2D eigenvalue weighted by atomic mass is 9.80. The van der Waals surface area contributed by atoms with Gasteiger partial charge in [0.2, 0.25) is 0 Å². The first-order valence-corrected chi connectivity index (χ1v) is 6.62.